The van der Waals surface area contributed by atoms with Gasteiger partial charge in [-0.2, -0.15) is 0 Å². The number of ether oxygens (including phenoxy) is 2. The summed E-state index contributed by atoms with van der Waals surface area (Å²) in [6.07, 6.45) is 0.719. The first-order chi connectivity index (χ1) is 17.4. The lowest BCUT2D eigenvalue weighted by Crippen LogP contribution is -2.42. The van der Waals surface area contributed by atoms with E-state index < -0.39 is 18.1 Å². The lowest BCUT2D eigenvalue weighted by atomic mass is 9.98. The van der Waals surface area contributed by atoms with Crippen molar-refractivity contribution >= 4 is 18.0 Å². The van der Waals surface area contributed by atoms with E-state index in [9.17, 15) is 19.5 Å². The molecule has 0 radical (unpaired) electrons. The molecule has 0 aliphatic heterocycles. The Labute approximate surface area is 208 Å². The zero-order valence-corrected chi connectivity index (χ0v) is 19.8. The van der Waals surface area contributed by atoms with Crippen LogP contribution in [-0.2, 0) is 20.7 Å². The normalized spacial score (nSPS) is 12.7. The number of carboxylic acids is 1. The molecule has 2 aromatic carbocycles. The molecule has 0 bridgehead atoms. The molecule has 0 fully saturated rings. The van der Waals surface area contributed by atoms with Crippen LogP contribution in [0.25, 0.3) is 11.1 Å². The summed E-state index contributed by atoms with van der Waals surface area (Å²) < 4.78 is 10.9. The van der Waals surface area contributed by atoms with Crippen molar-refractivity contribution in [3.8, 4) is 17.0 Å². The maximum atomic E-state index is 12.5. The van der Waals surface area contributed by atoms with Crippen molar-refractivity contribution in [1.29, 1.82) is 0 Å². The van der Waals surface area contributed by atoms with E-state index in [4.69, 9.17) is 9.47 Å². The summed E-state index contributed by atoms with van der Waals surface area (Å²) in [6.45, 7) is 2.12. The highest BCUT2D eigenvalue weighted by Gasteiger charge is 2.29. The fourth-order valence-corrected chi connectivity index (χ4v) is 4.22. The number of hydrogen-bond donors (Lipinski definition) is 3. The minimum atomic E-state index is -1.19. The number of hydrogen-bond acceptors (Lipinski definition) is 6. The number of nitrogens with one attached hydrogen (secondary N) is 2. The van der Waals surface area contributed by atoms with Crippen LogP contribution in [0, 0.1) is 0 Å². The number of carboxylic acid groups (broad SMARTS) is 1. The van der Waals surface area contributed by atoms with Crippen LogP contribution >= 0.6 is 0 Å². The topological polar surface area (TPSA) is 127 Å². The molecular formula is C27H27N3O6. The first-order valence-corrected chi connectivity index (χ1v) is 11.6. The van der Waals surface area contributed by atoms with Crippen molar-refractivity contribution in [2.45, 2.75) is 25.3 Å². The molecule has 3 aromatic rings. The van der Waals surface area contributed by atoms with Crippen molar-refractivity contribution in [3.63, 3.8) is 0 Å². The van der Waals surface area contributed by atoms with Gasteiger partial charge in [0.05, 0.1) is 6.54 Å². The monoisotopic (exact) mass is 489 g/mol. The maximum Gasteiger partial charge on any atom is 0.407 e. The van der Waals surface area contributed by atoms with Crippen LogP contribution in [0.15, 0.2) is 66.9 Å². The minimum Gasteiger partial charge on any atom is -0.480 e. The molecule has 36 heavy (non-hydrogen) atoms. The smallest absolute Gasteiger partial charge is 0.407 e. The average molecular weight is 490 g/mol. The molecular weight excluding hydrogens is 462 g/mol. The largest absolute Gasteiger partial charge is 0.480 e. The van der Waals surface area contributed by atoms with Gasteiger partial charge < -0.3 is 25.2 Å². The summed E-state index contributed by atoms with van der Waals surface area (Å²) in [6, 6.07) is 18.1. The van der Waals surface area contributed by atoms with Gasteiger partial charge in [0, 0.05) is 31.5 Å². The third-order valence-corrected chi connectivity index (χ3v) is 5.90. The molecule has 4 rings (SSSR count). The Balaban J connectivity index is 1.32. The summed E-state index contributed by atoms with van der Waals surface area (Å²) in [7, 11) is 0. The van der Waals surface area contributed by atoms with Gasteiger partial charge in [0.15, 0.2) is 0 Å². The van der Waals surface area contributed by atoms with Crippen LogP contribution in [0.2, 0.25) is 0 Å². The Morgan fingerprint density at radius 3 is 2.25 bits per heavy atom. The number of carbonyl (C=O) groups is 3. The number of aromatic nitrogens is 1. The van der Waals surface area contributed by atoms with Crippen LogP contribution in [0.1, 0.15) is 29.5 Å². The molecule has 1 aromatic heterocycles. The maximum absolute atomic E-state index is 12.5. The molecule has 0 saturated heterocycles. The highest BCUT2D eigenvalue weighted by Crippen LogP contribution is 2.44. The van der Waals surface area contributed by atoms with E-state index in [1.165, 1.54) is 13.1 Å². The predicted octanol–water partition coefficient (Wildman–Crippen LogP) is 3.13. The molecule has 3 N–H and O–H groups in total. The number of carbonyl (C=O) groups excluding carboxylic acids is 2. The average Bonchev–Trinajstić information content (AvgIpc) is 3.19. The number of benzene rings is 2. The standard InChI is InChI=1S/C27H27N3O6/c1-17(31)28-12-13-35-25-11-10-18(15-29-25)14-24(26(32)33)30-27(34)36-16-23-21-8-4-2-6-19(21)20-7-3-5-9-22(20)23/h2-11,15,23-24H,12-14,16H2,1H3,(H,28,31)(H,30,34)(H,32,33). The number of pyridine rings is 1. The Morgan fingerprint density at radius 1 is 1.00 bits per heavy atom. The molecule has 1 unspecified atom stereocenters. The zero-order chi connectivity index (χ0) is 25.5. The molecule has 1 aliphatic rings. The molecule has 1 aliphatic carbocycles. The second-order valence-electron chi connectivity index (χ2n) is 8.40. The van der Waals surface area contributed by atoms with Gasteiger partial charge in [-0.1, -0.05) is 54.6 Å². The van der Waals surface area contributed by atoms with Crippen LogP contribution in [-0.4, -0.2) is 53.9 Å². The number of rotatable bonds is 10. The lowest BCUT2D eigenvalue weighted by molar-refractivity contribution is -0.139. The number of aliphatic carboxylic acids is 1. The van der Waals surface area contributed by atoms with Crippen molar-refractivity contribution in [2.24, 2.45) is 0 Å². The molecule has 9 nitrogen and oxygen atoms in total. The first kappa shape index (κ1) is 24.7. The predicted molar refractivity (Wildman–Crippen MR) is 132 cm³/mol. The second-order valence-corrected chi connectivity index (χ2v) is 8.40. The van der Waals surface area contributed by atoms with Gasteiger partial charge in [-0.3, -0.25) is 4.79 Å². The molecule has 186 valence electrons. The summed E-state index contributed by atoms with van der Waals surface area (Å²) in [4.78, 5) is 39.3. The number of nitrogens with zero attached hydrogens (tertiary/aromatic N) is 1. The lowest BCUT2D eigenvalue weighted by Gasteiger charge is -2.17. The summed E-state index contributed by atoms with van der Waals surface area (Å²) in [5.74, 6) is -1.10. The number of fused-ring (bicyclic) bond motifs is 3. The van der Waals surface area contributed by atoms with Gasteiger partial charge in [-0.25, -0.2) is 14.6 Å². The van der Waals surface area contributed by atoms with Crippen molar-refractivity contribution in [2.75, 3.05) is 19.8 Å². The summed E-state index contributed by atoms with van der Waals surface area (Å²) >= 11 is 0. The SMILES string of the molecule is CC(=O)NCCOc1ccc(CC(NC(=O)OCC2c3ccccc3-c3ccccc32)C(=O)O)cn1. The van der Waals surface area contributed by atoms with E-state index in [2.05, 4.69) is 15.6 Å². The molecule has 0 spiro atoms. The molecule has 2 amide bonds. The van der Waals surface area contributed by atoms with Gasteiger partial charge in [0.2, 0.25) is 11.8 Å². The van der Waals surface area contributed by atoms with Gasteiger partial charge in [0.25, 0.3) is 0 Å². The van der Waals surface area contributed by atoms with E-state index in [0.29, 0.717) is 18.0 Å². The van der Waals surface area contributed by atoms with Crippen molar-refractivity contribution < 1.29 is 29.0 Å². The number of alkyl carbamates (subject to hydrolysis) is 1. The van der Waals surface area contributed by atoms with E-state index in [-0.39, 0.29) is 31.5 Å². The van der Waals surface area contributed by atoms with Gasteiger partial charge in [-0.05, 0) is 27.8 Å². The van der Waals surface area contributed by atoms with E-state index in [1.807, 2.05) is 48.5 Å². The van der Waals surface area contributed by atoms with E-state index in [1.54, 1.807) is 12.1 Å². The minimum absolute atomic E-state index is 0.0265. The van der Waals surface area contributed by atoms with Gasteiger partial charge in [0.1, 0.15) is 19.3 Å². The third kappa shape index (κ3) is 5.99. The van der Waals surface area contributed by atoms with Crippen molar-refractivity contribution in [3.05, 3.63) is 83.6 Å². The Morgan fingerprint density at radius 2 is 1.67 bits per heavy atom. The quantitative estimate of drug-likeness (QED) is 0.374. The van der Waals surface area contributed by atoms with Crippen molar-refractivity contribution in [1.82, 2.24) is 15.6 Å². The molecule has 1 atom stereocenters. The fourth-order valence-electron chi connectivity index (χ4n) is 4.22. The Kier molecular flexibility index (Phi) is 7.79. The first-order valence-electron chi connectivity index (χ1n) is 11.6. The van der Waals surface area contributed by atoms with E-state index in [0.717, 1.165) is 22.3 Å². The fraction of sp³-hybridized carbons (Fsp3) is 0.259. The highest BCUT2D eigenvalue weighted by molar-refractivity contribution is 5.81. The van der Waals surface area contributed by atoms with Crippen LogP contribution < -0.4 is 15.4 Å². The van der Waals surface area contributed by atoms with Crippen LogP contribution in [0.5, 0.6) is 5.88 Å². The third-order valence-electron chi connectivity index (χ3n) is 5.90. The molecule has 0 saturated carbocycles. The van der Waals surface area contributed by atoms with Crippen LogP contribution in [0.3, 0.4) is 0 Å². The molecule has 1 heterocycles. The number of amides is 2. The van der Waals surface area contributed by atoms with E-state index >= 15 is 0 Å². The summed E-state index contributed by atoms with van der Waals surface area (Å²) in [5.41, 5.74) is 4.98. The Bertz CT molecular complexity index is 1200. The summed E-state index contributed by atoms with van der Waals surface area (Å²) in [5, 5.41) is 14.7. The second kappa shape index (κ2) is 11.4. The molecule has 9 heteroatoms. The Hall–Kier alpha value is -4.40. The van der Waals surface area contributed by atoms with Gasteiger partial charge in [-0.15, -0.1) is 0 Å². The highest BCUT2D eigenvalue weighted by atomic mass is 16.5. The van der Waals surface area contributed by atoms with Gasteiger partial charge >= 0.3 is 12.1 Å². The van der Waals surface area contributed by atoms with Crippen LogP contribution in [0.4, 0.5) is 4.79 Å². The zero-order valence-electron chi connectivity index (χ0n) is 19.8.